The van der Waals surface area contributed by atoms with Crippen molar-refractivity contribution in [3.63, 3.8) is 0 Å². The van der Waals surface area contributed by atoms with Crippen LogP contribution in [0, 0.1) is 23.0 Å². The third-order valence-electron chi connectivity index (χ3n) is 3.16. The SMILES string of the molecule is N#CC1(c2ncc(-c3cc(F)ccc3F)[nH]2)COC1. The van der Waals surface area contributed by atoms with Gasteiger partial charge in [0.2, 0.25) is 0 Å². The van der Waals surface area contributed by atoms with Crippen molar-refractivity contribution in [2.24, 2.45) is 0 Å². The minimum absolute atomic E-state index is 0.0899. The van der Waals surface area contributed by atoms with E-state index in [2.05, 4.69) is 16.0 Å². The fourth-order valence-electron chi connectivity index (χ4n) is 1.97. The molecule has 6 heteroatoms. The van der Waals surface area contributed by atoms with E-state index >= 15 is 0 Å². The number of nitriles is 1. The summed E-state index contributed by atoms with van der Waals surface area (Å²) in [4.78, 5) is 6.95. The summed E-state index contributed by atoms with van der Waals surface area (Å²) in [7, 11) is 0. The average molecular weight is 261 g/mol. The van der Waals surface area contributed by atoms with Crippen LogP contribution in [0.4, 0.5) is 8.78 Å². The lowest BCUT2D eigenvalue weighted by atomic mass is 9.87. The number of imidazole rings is 1. The van der Waals surface area contributed by atoms with Gasteiger partial charge in [0.1, 0.15) is 17.5 Å². The van der Waals surface area contributed by atoms with Crippen LogP contribution in [0.5, 0.6) is 0 Å². The van der Waals surface area contributed by atoms with Gasteiger partial charge in [-0.05, 0) is 18.2 Å². The molecule has 19 heavy (non-hydrogen) atoms. The summed E-state index contributed by atoms with van der Waals surface area (Å²) in [6.45, 7) is 0.504. The summed E-state index contributed by atoms with van der Waals surface area (Å²) in [5.74, 6) is -0.665. The highest BCUT2D eigenvalue weighted by atomic mass is 19.1. The minimum Gasteiger partial charge on any atom is -0.377 e. The van der Waals surface area contributed by atoms with Gasteiger partial charge in [-0.2, -0.15) is 5.26 Å². The summed E-state index contributed by atoms with van der Waals surface area (Å²) < 4.78 is 31.8. The molecule has 0 radical (unpaired) electrons. The van der Waals surface area contributed by atoms with E-state index < -0.39 is 17.0 Å². The monoisotopic (exact) mass is 261 g/mol. The van der Waals surface area contributed by atoms with Crippen molar-refractivity contribution in [1.29, 1.82) is 5.26 Å². The van der Waals surface area contributed by atoms with Gasteiger partial charge in [-0.3, -0.25) is 0 Å². The molecule has 1 aliphatic rings. The molecule has 1 saturated heterocycles. The number of benzene rings is 1. The van der Waals surface area contributed by atoms with Crippen molar-refractivity contribution in [3.8, 4) is 17.3 Å². The fraction of sp³-hybridized carbons (Fsp3) is 0.231. The molecule has 0 bridgehead atoms. The number of halogens is 2. The maximum Gasteiger partial charge on any atom is 0.161 e. The molecule has 0 aliphatic carbocycles. The standard InChI is InChI=1S/C13H9F2N3O/c14-8-1-2-10(15)9(3-8)11-4-17-12(18-11)13(5-16)6-19-7-13/h1-4H,6-7H2,(H,17,18). The number of nitrogens with zero attached hydrogens (tertiary/aromatic N) is 2. The van der Waals surface area contributed by atoms with Gasteiger partial charge >= 0.3 is 0 Å². The first kappa shape index (κ1) is 11.8. The topological polar surface area (TPSA) is 61.7 Å². The Balaban J connectivity index is 2.02. The lowest BCUT2D eigenvalue weighted by molar-refractivity contribution is -0.0335. The molecule has 0 saturated carbocycles. The molecule has 0 unspecified atom stereocenters. The van der Waals surface area contributed by atoms with Crippen LogP contribution in [0.1, 0.15) is 5.82 Å². The van der Waals surface area contributed by atoms with Gasteiger partial charge in [-0.1, -0.05) is 0 Å². The predicted octanol–water partition coefficient (Wildman–Crippen LogP) is 2.15. The van der Waals surface area contributed by atoms with E-state index in [4.69, 9.17) is 10.00 Å². The van der Waals surface area contributed by atoms with Crippen LogP contribution in [0.3, 0.4) is 0 Å². The maximum absolute atomic E-state index is 13.6. The zero-order valence-corrected chi connectivity index (χ0v) is 9.78. The van der Waals surface area contributed by atoms with E-state index in [-0.39, 0.29) is 18.8 Å². The molecule has 1 aromatic heterocycles. The molecule has 3 rings (SSSR count). The van der Waals surface area contributed by atoms with E-state index in [0.717, 1.165) is 18.2 Å². The van der Waals surface area contributed by atoms with Crippen molar-refractivity contribution in [1.82, 2.24) is 9.97 Å². The quantitative estimate of drug-likeness (QED) is 0.901. The van der Waals surface area contributed by atoms with Crippen molar-refractivity contribution in [3.05, 3.63) is 41.9 Å². The number of hydrogen-bond acceptors (Lipinski definition) is 3. The highest BCUT2D eigenvalue weighted by molar-refractivity contribution is 5.59. The Morgan fingerprint density at radius 1 is 1.37 bits per heavy atom. The molecule has 4 nitrogen and oxygen atoms in total. The van der Waals surface area contributed by atoms with Crippen LogP contribution in [0.25, 0.3) is 11.3 Å². The van der Waals surface area contributed by atoms with E-state index in [0.29, 0.717) is 11.5 Å². The van der Waals surface area contributed by atoms with Crippen molar-refractivity contribution in [2.75, 3.05) is 13.2 Å². The molecule has 0 amide bonds. The van der Waals surface area contributed by atoms with Gasteiger partial charge in [0.25, 0.3) is 0 Å². The molecule has 1 N–H and O–H groups in total. The van der Waals surface area contributed by atoms with Crippen LogP contribution in [-0.2, 0) is 10.2 Å². The highest BCUT2D eigenvalue weighted by Crippen LogP contribution is 2.31. The molecule has 2 aromatic rings. The Hall–Kier alpha value is -2.26. The predicted molar refractivity (Wildman–Crippen MR) is 62.0 cm³/mol. The first-order chi connectivity index (χ1) is 9.14. The molecular formula is C13H9F2N3O. The van der Waals surface area contributed by atoms with Crippen LogP contribution in [-0.4, -0.2) is 23.2 Å². The molecule has 1 aromatic carbocycles. The van der Waals surface area contributed by atoms with E-state index in [9.17, 15) is 8.78 Å². The van der Waals surface area contributed by atoms with Gasteiger partial charge < -0.3 is 9.72 Å². The highest BCUT2D eigenvalue weighted by Gasteiger charge is 2.43. The summed E-state index contributed by atoms with van der Waals surface area (Å²) in [5.41, 5.74) is -0.372. The first-order valence-electron chi connectivity index (χ1n) is 5.64. The molecule has 1 aliphatic heterocycles. The van der Waals surface area contributed by atoms with E-state index in [1.807, 2.05) is 0 Å². The Bertz CT molecular complexity index is 671. The van der Waals surface area contributed by atoms with Crippen LogP contribution in [0.2, 0.25) is 0 Å². The van der Waals surface area contributed by atoms with Gasteiger partial charge in [-0.25, -0.2) is 13.8 Å². The molecule has 96 valence electrons. The minimum atomic E-state index is -0.804. The van der Waals surface area contributed by atoms with Crippen molar-refractivity contribution >= 4 is 0 Å². The van der Waals surface area contributed by atoms with Gasteiger partial charge in [-0.15, -0.1) is 0 Å². The lowest BCUT2D eigenvalue weighted by Crippen LogP contribution is -2.46. The number of rotatable bonds is 2. The summed E-state index contributed by atoms with van der Waals surface area (Å²) in [6, 6.07) is 5.32. The number of H-pyrrole nitrogens is 1. The molecule has 0 spiro atoms. The summed E-state index contributed by atoms with van der Waals surface area (Å²) in [6.07, 6.45) is 1.39. The number of nitrogens with one attached hydrogen (secondary N) is 1. The van der Waals surface area contributed by atoms with Crippen LogP contribution >= 0.6 is 0 Å². The largest absolute Gasteiger partial charge is 0.377 e. The van der Waals surface area contributed by atoms with Gasteiger partial charge in [0.15, 0.2) is 5.41 Å². The van der Waals surface area contributed by atoms with Gasteiger partial charge in [0.05, 0.1) is 31.2 Å². The summed E-state index contributed by atoms with van der Waals surface area (Å²) in [5, 5.41) is 9.14. The lowest BCUT2D eigenvalue weighted by Gasteiger charge is -2.32. The fourth-order valence-corrected chi connectivity index (χ4v) is 1.97. The number of hydrogen-bond donors (Lipinski definition) is 1. The Labute approximate surface area is 107 Å². The Kier molecular flexibility index (Phi) is 2.57. The smallest absolute Gasteiger partial charge is 0.161 e. The molecule has 0 atom stereocenters. The zero-order chi connectivity index (χ0) is 13.5. The molecule has 2 heterocycles. The second-order valence-electron chi connectivity index (χ2n) is 4.46. The van der Waals surface area contributed by atoms with E-state index in [1.54, 1.807) is 0 Å². The van der Waals surface area contributed by atoms with Crippen molar-refractivity contribution in [2.45, 2.75) is 5.41 Å². The number of ether oxygens (including phenoxy) is 1. The van der Waals surface area contributed by atoms with Crippen LogP contribution in [0.15, 0.2) is 24.4 Å². The zero-order valence-electron chi connectivity index (χ0n) is 9.78. The summed E-state index contributed by atoms with van der Waals surface area (Å²) >= 11 is 0. The second kappa shape index (κ2) is 4.14. The Morgan fingerprint density at radius 3 is 2.79 bits per heavy atom. The van der Waals surface area contributed by atoms with Crippen molar-refractivity contribution < 1.29 is 13.5 Å². The Morgan fingerprint density at radius 2 is 2.16 bits per heavy atom. The van der Waals surface area contributed by atoms with E-state index in [1.165, 1.54) is 6.20 Å². The first-order valence-corrected chi connectivity index (χ1v) is 5.64. The molecule has 1 fully saturated rings. The second-order valence-corrected chi connectivity index (χ2v) is 4.46. The average Bonchev–Trinajstić information content (AvgIpc) is 2.81. The number of aromatic nitrogens is 2. The normalized spacial score (nSPS) is 16.7. The molecular weight excluding hydrogens is 252 g/mol. The van der Waals surface area contributed by atoms with Gasteiger partial charge in [0, 0.05) is 5.56 Å². The third kappa shape index (κ3) is 1.79. The third-order valence-corrected chi connectivity index (χ3v) is 3.16. The number of aromatic amines is 1. The van der Waals surface area contributed by atoms with Crippen LogP contribution < -0.4 is 0 Å². The maximum atomic E-state index is 13.6.